The lowest BCUT2D eigenvalue weighted by Crippen LogP contribution is -2.28. The van der Waals surface area contributed by atoms with Crippen molar-refractivity contribution >= 4 is 16.9 Å². The van der Waals surface area contributed by atoms with Crippen LogP contribution in [0.25, 0.3) is 11.0 Å². The summed E-state index contributed by atoms with van der Waals surface area (Å²) in [7, 11) is 0. The van der Waals surface area contributed by atoms with Crippen molar-refractivity contribution in [3.8, 4) is 0 Å². The van der Waals surface area contributed by atoms with Crippen LogP contribution >= 0.6 is 0 Å². The lowest BCUT2D eigenvalue weighted by Gasteiger charge is -2.08. The molecule has 1 aromatic carbocycles. The fourth-order valence-electron chi connectivity index (χ4n) is 2.18. The Morgan fingerprint density at radius 3 is 2.84 bits per heavy atom. The minimum atomic E-state index is 0.0614. The van der Waals surface area contributed by atoms with Crippen LogP contribution in [-0.2, 0) is 17.8 Å². The molecule has 2 rings (SSSR count). The topological polar surface area (TPSA) is 46.9 Å². The molecule has 0 saturated heterocycles. The van der Waals surface area contributed by atoms with Crippen LogP contribution in [0.3, 0.4) is 0 Å². The molecular weight excluding hydrogens is 238 g/mol. The number of imidazole rings is 1. The lowest BCUT2D eigenvalue weighted by molar-refractivity contribution is -0.121. The zero-order valence-corrected chi connectivity index (χ0v) is 11.6. The van der Waals surface area contributed by atoms with E-state index in [0.29, 0.717) is 6.54 Å². The number of benzene rings is 1. The Bertz CT molecular complexity index is 560. The molecule has 0 radical (unpaired) electrons. The zero-order valence-electron chi connectivity index (χ0n) is 11.6. The van der Waals surface area contributed by atoms with Crippen LogP contribution < -0.4 is 5.32 Å². The first-order valence-electron chi connectivity index (χ1n) is 6.97. The molecule has 0 unspecified atom stereocenters. The molecule has 0 aliphatic rings. The van der Waals surface area contributed by atoms with E-state index in [1.807, 2.05) is 28.8 Å². The third kappa shape index (κ3) is 3.13. The number of aryl methyl sites for hydroxylation is 1. The van der Waals surface area contributed by atoms with E-state index < -0.39 is 0 Å². The van der Waals surface area contributed by atoms with Crippen LogP contribution in [0.1, 0.15) is 32.5 Å². The summed E-state index contributed by atoms with van der Waals surface area (Å²) in [5.74, 6) is 1.03. The summed E-state index contributed by atoms with van der Waals surface area (Å²) in [5.41, 5.74) is 1.99. The average Bonchev–Trinajstić information content (AvgIpc) is 2.77. The maximum absolute atomic E-state index is 11.9. The third-order valence-electron chi connectivity index (χ3n) is 3.20. The van der Waals surface area contributed by atoms with E-state index in [-0.39, 0.29) is 5.91 Å². The highest BCUT2D eigenvalue weighted by Crippen LogP contribution is 2.16. The summed E-state index contributed by atoms with van der Waals surface area (Å²) in [6.07, 6.45) is 2.95. The Labute approximate surface area is 113 Å². The number of amides is 1. The Hall–Kier alpha value is -1.84. The molecule has 0 saturated carbocycles. The van der Waals surface area contributed by atoms with Gasteiger partial charge in [0.25, 0.3) is 0 Å². The molecule has 19 heavy (non-hydrogen) atoms. The van der Waals surface area contributed by atoms with Crippen molar-refractivity contribution in [2.24, 2.45) is 0 Å². The van der Waals surface area contributed by atoms with E-state index >= 15 is 0 Å². The molecule has 102 valence electrons. The predicted molar refractivity (Wildman–Crippen MR) is 77.0 cm³/mol. The largest absolute Gasteiger partial charge is 0.355 e. The van der Waals surface area contributed by atoms with Crippen molar-refractivity contribution in [3.63, 3.8) is 0 Å². The first-order chi connectivity index (χ1) is 9.26. The molecule has 0 bridgehead atoms. The molecule has 1 heterocycles. The van der Waals surface area contributed by atoms with Crippen molar-refractivity contribution in [2.75, 3.05) is 6.54 Å². The van der Waals surface area contributed by atoms with E-state index in [0.717, 1.165) is 42.7 Å². The van der Waals surface area contributed by atoms with Crippen molar-refractivity contribution in [3.05, 3.63) is 30.1 Å². The molecule has 0 fully saturated rings. The number of rotatable bonds is 6. The Balaban J connectivity index is 2.16. The van der Waals surface area contributed by atoms with Crippen LogP contribution in [-0.4, -0.2) is 22.0 Å². The monoisotopic (exact) mass is 259 g/mol. The maximum atomic E-state index is 11.9. The lowest BCUT2D eigenvalue weighted by atomic mass is 10.3. The van der Waals surface area contributed by atoms with E-state index in [4.69, 9.17) is 0 Å². The first-order valence-corrected chi connectivity index (χ1v) is 6.97. The van der Waals surface area contributed by atoms with E-state index in [1.165, 1.54) is 0 Å². The van der Waals surface area contributed by atoms with Crippen LogP contribution in [0.2, 0.25) is 0 Å². The minimum Gasteiger partial charge on any atom is -0.355 e. The second kappa shape index (κ2) is 6.36. The van der Waals surface area contributed by atoms with Gasteiger partial charge in [0.15, 0.2) is 0 Å². The average molecular weight is 259 g/mol. The van der Waals surface area contributed by atoms with Gasteiger partial charge in [-0.2, -0.15) is 0 Å². The van der Waals surface area contributed by atoms with Gasteiger partial charge in [-0.1, -0.05) is 32.4 Å². The van der Waals surface area contributed by atoms with E-state index in [2.05, 4.69) is 24.1 Å². The molecule has 0 spiro atoms. The highest BCUT2D eigenvalue weighted by atomic mass is 16.1. The Morgan fingerprint density at radius 1 is 1.32 bits per heavy atom. The van der Waals surface area contributed by atoms with Crippen molar-refractivity contribution < 1.29 is 4.79 Å². The number of hydrogen-bond donors (Lipinski definition) is 1. The molecule has 4 heteroatoms. The van der Waals surface area contributed by atoms with Crippen molar-refractivity contribution in [1.29, 1.82) is 0 Å². The molecule has 4 nitrogen and oxygen atoms in total. The van der Waals surface area contributed by atoms with Gasteiger partial charge in [0.2, 0.25) is 5.91 Å². The van der Waals surface area contributed by atoms with Crippen molar-refractivity contribution in [2.45, 2.75) is 39.7 Å². The summed E-state index contributed by atoms with van der Waals surface area (Å²) in [5, 5.41) is 2.95. The number of carbonyl (C=O) groups excluding carboxylic acids is 1. The fourth-order valence-corrected chi connectivity index (χ4v) is 2.18. The highest BCUT2D eigenvalue weighted by molar-refractivity contribution is 5.81. The van der Waals surface area contributed by atoms with Gasteiger partial charge < -0.3 is 9.88 Å². The van der Waals surface area contributed by atoms with Gasteiger partial charge in [-0.05, 0) is 18.6 Å². The summed E-state index contributed by atoms with van der Waals surface area (Å²) in [6, 6.07) is 7.95. The Morgan fingerprint density at radius 2 is 2.11 bits per heavy atom. The number of nitrogens with one attached hydrogen (secondary N) is 1. The summed E-state index contributed by atoms with van der Waals surface area (Å²) < 4.78 is 2.01. The quantitative estimate of drug-likeness (QED) is 0.810. The van der Waals surface area contributed by atoms with Gasteiger partial charge in [-0.15, -0.1) is 0 Å². The Kier molecular flexibility index (Phi) is 4.55. The number of para-hydroxylation sites is 2. The number of nitrogens with zero attached hydrogens (tertiary/aromatic N) is 2. The summed E-state index contributed by atoms with van der Waals surface area (Å²) in [4.78, 5) is 16.5. The molecule has 1 aromatic heterocycles. The van der Waals surface area contributed by atoms with Gasteiger partial charge in [0, 0.05) is 13.0 Å². The standard InChI is InChI=1S/C15H21N3O/c1-3-5-10-16-15(19)11-18-13-9-7-6-8-12(13)17-14(18)4-2/h6-9H,3-5,10-11H2,1-2H3,(H,16,19). The van der Waals surface area contributed by atoms with Crippen LogP contribution in [0.15, 0.2) is 24.3 Å². The summed E-state index contributed by atoms with van der Waals surface area (Å²) in [6.45, 7) is 5.29. The smallest absolute Gasteiger partial charge is 0.240 e. The van der Waals surface area contributed by atoms with Gasteiger partial charge in [-0.3, -0.25) is 4.79 Å². The van der Waals surface area contributed by atoms with E-state index in [9.17, 15) is 4.79 Å². The molecule has 1 N–H and O–H groups in total. The molecular formula is C15H21N3O. The molecule has 0 atom stereocenters. The number of fused-ring (bicyclic) bond motifs is 1. The van der Waals surface area contributed by atoms with Crippen molar-refractivity contribution in [1.82, 2.24) is 14.9 Å². The van der Waals surface area contributed by atoms with Crippen LogP contribution in [0.4, 0.5) is 0 Å². The molecule has 0 aliphatic carbocycles. The number of unbranched alkanes of at least 4 members (excludes halogenated alkanes) is 1. The third-order valence-corrected chi connectivity index (χ3v) is 3.20. The molecule has 0 aliphatic heterocycles. The van der Waals surface area contributed by atoms with E-state index in [1.54, 1.807) is 0 Å². The highest BCUT2D eigenvalue weighted by Gasteiger charge is 2.11. The first kappa shape index (κ1) is 13.6. The van der Waals surface area contributed by atoms with Gasteiger partial charge in [0.1, 0.15) is 12.4 Å². The molecule has 1 amide bonds. The molecule has 2 aromatic rings. The second-order valence-electron chi connectivity index (χ2n) is 4.66. The van der Waals surface area contributed by atoms with Gasteiger partial charge in [0.05, 0.1) is 11.0 Å². The normalized spacial score (nSPS) is 10.8. The number of carbonyl (C=O) groups is 1. The van der Waals surface area contributed by atoms with Gasteiger partial charge >= 0.3 is 0 Å². The number of hydrogen-bond acceptors (Lipinski definition) is 2. The minimum absolute atomic E-state index is 0.0614. The van der Waals surface area contributed by atoms with Crippen LogP contribution in [0, 0.1) is 0 Å². The predicted octanol–water partition coefficient (Wildman–Crippen LogP) is 2.52. The summed E-state index contributed by atoms with van der Waals surface area (Å²) >= 11 is 0. The maximum Gasteiger partial charge on any atom is 0.240 e. The van der Waals surface area contributed by atoms with Gasteiger partial charge in [-0.25, -0.2) is 4.98 Å². The SMILES string of the molecule is CCCCNC(=O)Cn1c(CC)nc2ccccc21. The second-order valence-corrected chi connectivity index (χ2v) is 4.66. The number of aromatic nitrogens is 2. The van der Waals surface area contributed by atoms with Crippen LogP contribution in [0.5, 0.6) is 0 Å². The zero-order chi connectivity index (χ0) is 13.7. The fraction of sp³-hybridized carbons (Fsp3) is 0.467.